The van der Waals surface area contributed by atoms with Crippen LogP contribution in [-0.2, 0) is 32.7 Å². The van der Waals surface area contributed by atoms with Crippen LogP contribution in [0.3, 0.4) is 0 Å². The highest BCUT2D eigenvalue weighted by Gasteiger charge is 2.28. The number of carbonyl (C=O) groups excluding carboxylic acids is 2. The molecule has 0 aromatic heterocycles. The van der Waals surface area contributed by atoms with E-state index in [9.17, 15) is 34.1 Å². The average molecular weight is 890 g/mol. The molecular formula is C49H96NO10P. The van der Waals surface area contributed by atoms with Crippen molar-refractivity contribution in [3.8, 4) is 0 Å². The Morgan fingerprint density at radius 3 is 1.08 bits per heavy atom. The number of nitrogens with one attached hydrogen (secondary N) is 1. The van der Waals surface area contributed by atoms with Crippen molar-refractivity contribution in [2.24, 2.45) is 0 Å². The van der Waals surface area contributed by atoms with Gasteiger partial charge >= 0.3 is 19.8 Å². The number of esters is 1. The first-order chi connectivity index (χ1) is 29.6. The van der Waals surface area contributed by atoms with Gasteiger partial charge in [-0.2, -0.15) is 0 Å². The predicted octanol–water partition coefficient (Wildman–Crippen LogP) is 13.8. The quantitative estimate of drug-likeness (QED) is 0.0262. The molecule has 0 saturated carbocycles. The molecule has 12 heteroatoms. The van der Waals surface area contributed by atoms with E-state index < -0.39 is 57.6 Å². The summed E-state index contributed by atoms with van der Waals surface area (Å²) in [6.45, 7) is 2.66. The highest BCUT2D eigenvalue weighted by molar-refractivity contribution is 7.47. The van der Waals surface area contributed by atoms with Gasteiger partial charge in [0.1, 0.15) is 12.7 Å². The monoisotopic (exact) mass is 890 g/mol. The van der Waals surface area contributed by atoms with Crippen molar-refractivity contribution in [1.82, 2.24) is 5.32 Å². The van der Waals surface area contributed by atoms with Crippen LogP contribution in [-0.4, -0.2) is 64.9 Å². The molecule has 0 aliphatic heterocycles. The molecule has 0 saturated heterocycles. The molecule has 11 nitrogen and oxygen atoms in total. The standard InChI is InChI=1S/C49H96NO10P/c1-3-5-7-9-11-13-15-17-19-21-22-23-25-26-28-30-32-34-36-38-40-47(52)50-46(49(54)55)44-60-61(56,57)59-43-45(51)42-58-48(53)41-39-37-35-33-31-29-27-24-20-18-16-14-12-10-8-6-4-2/h45-46,51H,3-44H2,1-2H3,(H,50,52)(H,54,55)(H,56,57). The summed E-state index contributed by atoms with van der Waals surface area (Å²) in [5.41, 5.74) is 0. The Morgan fingerprint density at radius 1 is 0.459 bits per heavy atom. The predicted molar refractivity (Wildman–Crippen MR) is 250 cm³/mol. The average Bonchev–Trinajstić information content (AvgIpc) is 3.24. The van der Waals surface area contributed by atoms with Crippen molar-refractivity contribution in [2.75, 3.05) is 19.8 Å². The van der Waals surface area contributed by atoms with E-state index in [4.69, 9.17) is 13.8 Å². The molecule has 362 valence electrons. The fourth-order valence-corrected chi connectivity index (χ4v) is 8.44. The minimum atomic E-state index is -4.75. The van der Waals surface area contributed by atoms with Gasteiger partial charge in [-0.05, 0) is 12.8 Å². The van der Waals surface area contributed by atoms with Gasteiger partial charge in [0.15, 0.2) is 6.04 Å². The maximum Gasteiger partial charge on any atom is 0.472 e. The van der Waals surface area contributed by atoms with Crippen molar-refractivity contribution in [3.05, 3.63) is 0 Å². The molecule has 4 N–H and O–H groups in total. The Labute approximate surface area is 374 Å². The zero-order valence-electron chi connectivity index (χ0n) is 39.5. The Balaban J connectivity index is 3.79. The third-order valence-corrected chi connectivity index (χ3v) is 12.6. The molecule has 0 fully saturated rings. The summed E-state index contributed by atoms with van der Waals surface area (Å²) in [6, 6.07) is -1.54. The van der Waals surface area contributed by atoms with Crippen molar-refractivity contribution in [2.45, 2.75) is 276 Å². The number of aliphatic hydroxyl groups is 1. The van der Waals surface area contributed by atoms with Crippen LogP contribution in [0.1, 0.15) is 264 Å². The number of carbonyl (C=O) groups is 3. The smallest absolute Gasteiger partial charge is 0.472 e. The third kappa shape index (κ3) is 44.9. The summed E-state index contributed by atoms with van der Waals surface area (Å²) >= 11 is 0. The number of aliphatic carboxylic acids is 1. The number of phosphoric ester groups is 1. The van der Waals surface area contributed by atoms with E-state index in [1.54, 1.807) is 0 Å². The Kier molecular flexibility index (Phi) is 43.9. The van der Waals surface area contributed by atoms with Gasteiger partial charge in [0.05, 0.1) is 13.2 Å². The fraction of sp³-hybridized carbons (Fsp3) is 0.939. The van der Waals surface area contributed by atoms with E-state index in [-0.39, 0.29) is 12.8 Å². The minimum absolute atomic E-state index is 0.153. The van der Waals surface area contributed by atoms with Crippen LogP contribution in [0.25, 0.3) is 0 Å². The lowest BCUT2D eigenvalue weighted by Crippen LogP contribution is -2.43. The summed E-state index contributed by atoms with van der Waals surface area (Å²) in [5.74, 6) is -2.35. The summed E-state index contributed by atoms with van der Waals surface area (Å²) in [4.78, 5) is 46.1. The van der Waals surface area contributed by atoms with Crippen LogP contribution < -0.4 is 5.32 Å². The molecule has 0 bridgehead atoms. The number of unbranched alkanes of at least 4 members (excludes halogenated alkanes) is 35. The lowest BCUT2D eigenvalue weighted by molar-refractivity contribution is -0.147. The van der Waals surface area contributed by atoms with Crippen LogP contribution in [0.5, 0.6) is 0 Å². The lowest BCUT2D eigenvalue weighted by Gasteiger charge is -2.18. The van der Waals surface area contributed by atoms with Crippen molar-refractivity contribution in [1.29, 1.82) is 0 Å². The van der Waals surface area contributed by atoms with Crippen LogP contribution in [0.15, 0.2) is 0 Å². The number of carboxylic acid groups (broad SMARTS) is 1. The molecule has 0 aliphatic carbocycles. The zero-order valence-corrected chi connectivity index (χ0v) is 40.4. The second kappa shape index (κ2) is 45.1. The molecule has 0 rings (SSSR count). The first-order valence-electron chi connectivity index (χ1n) is 25.6. The fourth-order valence-electron chi connectivity index (χ4n) is 7.67. The van der Waals surface area contributed by atoms with E-state index in [1.807, 2.05) is 0 Å². The zero-order chi connectivity index (χ0) is 44.9. The number of rotatable bonds is 49. The van der Waals surface area contributed by atoms with E-state index >= 15 is 0 Å². The third-order valence-electron chi connectivity index (χ3n) is 11.6. The van der Waals surface area contributed by atoms with Gasteiger partial charge in [0.2, 0.25) is 5.91 Å². The summed E-state index contributed by atoms with van der Waals surface area (Å²) < 4.78 is 26.9. The SMILES string of the molecule is CCCCCCCCCCCCCCCCCCCCCCC(=O)NC(COP(=O)(O)OCC(O)COC(=O)CCCCCCCCCCCCCCCCCCC)C(=O)O. The molecule has 0 radical (unpaired) electrons. The summed E-state index contributed by atoms with van der Waals surface area (Å²) in [5, 5.41) is 21.9. The van der Waals surface area contributed by atoms with E-state index in [2.05, 4.69) is 19.2 Å². The van der Waals surface area contributed by atoms with Crippen LogP contribution in [0, 0.1) is 0 Å². The van der Waals surface area contributed by atoms with Crippen molar-refractivity contribution in [3.63, 3.8) is 0 Å². The van der Waals surface area contributed by atoms with Crippen LogP contribution in [0.4, 0.5) is 0 Å². The number of amides is 1. The highest BCUT2D eigenvalue weighted by Crippen LogP contribution is 2.43. The van der Waals surface area contributed by atoms with Gasteiger partial charge in [0.25, 0.3) is 0 Å². The first kappa shape index (κ1) is 59.5. The van der Waals surface area contributed by atoms with Crippen LogP contribution >= 0.6 is 7.82 Å². The van der Waals surface area contributed by atoms with Gasteiger partial charge < -0.3 is 25.2 Å². The molecule has 1 amide bonds. The van der Waals surface area contributed by atoms with E-state index in [1.165, 1.54) is 186 Å². The first-order valence-corrected chi connectivity index (χ1v) is 27.1. The van der Waals surface area contributed by atoms with Gasteiger partial charge in [-0.25, -0.2) is 9.36 Å². The van der Waals surface area contributed by atoms with Gasteiger partial charge in [-0.15, -0.1) is 0 Å². The van der Waals surface area contributed by atoms with Crippen molar-refractivity contribution >= 4 is 25.7 Å². The second-order valence-corrected chi connectivity index (χ2v) is 19.2. The summed E-state index contributed by atoms with van der Waals surface area (Å²) in [7, 11) is -4.75. The highest BCUT2D eigenvalue weighted by atomic mass is 31.2. The maximum atomic E-state index is 12.4. The molecule has 0 aromatic carbocycles. The van der Waals surface area contributed by atoms with Gasteiger partial charge in [0, 0.05) is 12.8 Å². The lowest BCUT2D eigenvalue weighted by atomic mass is 10.0. The van der Waals surface area contributed by atoms with Gasteiger partial charge in [-0.1, -0.05) is 239 Å². The topological polar surface area (TPSA) is 169 Å². The molecule has 0 heterocycles. The Hall–Kier alpha value is -1.52. The number of hydrogen-bond donors (Lipinski definition) is 4. The van der Waals surface area contributed by atoms with E-state index in [0.717, 1.165) is 38.5 Å². The molecule has 3 atom stereocenters. The molecule has 0 aliphatic rings. The number of carboxylic acids is 1. The Bertz CT molecular complexity index is 1050. The minimum Gasteiger partial charge on any atom is -0.480 e. The molecule has 61 heavy (non-hydrogen) atoms. The number of phosphoric acid groups is 1. The molecular weight excluding hydrogens is 794 g/mol. The van der Waals surface area contributed by atoms with Gasteiger partial charge in [-0.3, -0.25) is 18.6 Å². The molecule has 0 aromatic rings. The van der Waals surface area contributed by atoms with Crippen molar-refractivity contribution < 1.29 is 47.8 Å². The normalized spacial score (nSPS) is 13.5. The molecule has 0 spiro atoms. The number of hydrogen-bond acceptors (Lipinski definition) is 8. The van der Waals surface area contributed by atoms with E-state index in [0.29, 0.717) is 12.8 Å². The summed E-state index contributed by atoms with van der Waals surface area (Å²) in [6.07, 6.45) is 45.5. The second-order valence-electron chi connectivity index (χ2n) is 17.7. The number of ether oxygens (including phenoxy) is 1. The number of aliphatic hydroxyl groups excluding tert-OH is 1. The van der Waals surface area contributed by atoms with Crippen LogP contribution in [0.2, 0.25) is 0 Å². The largest absolute Gasteiger partial charge is 0.480 e. The molecule has 3 unspecified atom stereocenters. The Morgan fingerprint density at radius 2 is 0.754 bits per heavy atom. The maximum absolute atomic E-state index is 12.4.